The van der Waals surface area contributed by atoms with Crippen LogP contribution in [0, 0.1) is 5.92 Å². The van der Waals surface area contributed by atoms with Gasteiger partial charge in [0.2, 0.25) is 0 Å². The summed E-state index contributed by atoms with van der Waals surface area (Å²) in [4.78, 5) is 14.8. The average Bonchev–Trinajstić information content (AvgIpc) is 2.80. The number of benzene rings is 2. The molecule has 0 aliphatic carbocycles. The molecule has 0 atom stereocenters. The number of hydrogen-bond acceptors (Lipinski definition) is 5. The van der Waals surface area contributed by atoms with E-state index in [0.29, 0.717) is 5.56 Å². The number of carbonyl (C=O) groups is 1. The van der Waals surface area contributed by atoms with Crippen LogP contribution in [0.25, 0.3) is 11.3 Å². The van der Waals surface area contributed by atoms with E-state index in [1.807, 2.05) is 62.4 Å². The van der Waals surface area contributed by atoms with Gasteiger partial charge in [0.25, 0.3) is 5.91 Å². The van der Waals surface area contributed by atoms with Gasteiger partial charge in [-0.3, -0.25) is 4.79 Å². The average molecular weight is 431 g/mol. The van der Waals surface area contributed by atoms with Gasteiger partial charge in [-0.05, 0) is 81.1 Å². The Hall–Kier alpha value is -3.41. The molecule has 0 bridgehead atoms. The van der Waals surface area contributed by atoms with Gasteiger partial charge in [0.05, 0.1) is 11.8 Å². The molecule has 2 aromatic carbocycles. The zero-order chi connectivity index (χ0) is 22.5. The third-order valence-electron chi connectivity index (χ3n) is 5.68. The number of anilines is 2. The van der Waals surface area contributed by atoms with Crippen molar-refractivity contribution in [3.05, 3.63) is 66.2 Å². The van der Waals surface area contributed by atoms with Crippen LogP contribution in [-0.2, 0) is 0 Å². The monoisotopic (exact) mass is 430 g/mol. The minimum atomic E-state index is -0.158. The normalized spacial score (nSPS) is 14.4. The molecule has 6 heteroatoms. The Bertz CT molecular complexity index is 1020. The highest BCUT2D eigenvalue weighted by Crippen LogP contribution is 2.24. The van der Waals surface area contributed by atoms with Gasteiger partial charge in [-0.2, -0.15) is 0 Å². The first kappa shape index (κ1) is 21.8. The number of hydrogen-bond donors (Lipinski definition) is 1. The summed E-state index contributed by atoms with van der Waals surface area (Å²) in [5.41, 5.74) is 3.09. The smallest absolute Gasteiger partial charge is 0.255 e. The molecule has 32 heavy (non-hydrogen) atoms. The van der Waals surface area contributed by atoms with Gasteiger partial charge in [-0.25, -0.2) is 0 Å². The van der Waals surface area contributed by atoms with Crippen LogP contribution >= 0.6 is 0 Å². The molecule has 1 aromatic heterocycles. The van der Waals surface area contributed by atoms with E-state index in [-0.39, 0.29) is 12.0 Å². The van der Waals surface area contributed by atoms with E-state index in [4.69, 9.17) is 4.74 Å². The molecule has 4 rings (SSSR count). The Labute approximate surface area is 189 Å². The van der Waals surface area contributed by atoms with Crippen molar-refractivity contribution in [1.29, 1.82) is 0 Å². The Morgan fingerprint density at radius 2 is 1.66 bits per heavy atom. The summed E-state index contributed by atoms with van der Waals surface area (Å²) < 4.78 is 5.62. The summed E-state index contributed by atoms with van der Waals surface area (Å²) in [6, 6.07) is 18.9. The lowest BCUT2D eigenvalue weighted by Crippen LogP contribution is -2.33. The first-order valence-electron chi connectivity index (χ1n) is 11.2. The molecule has 1 saturated heterocycles. The van der Waals surface area contributed by atoms with E-state index in [1.54, 1.807) is 12.1 Å². The molecular formula is C26H30N4O2. The van der Waals surface area contributed by atoms with E-state index in [9.17, 15) is 4.79 Å². The highest BCUT2D eigenvalue weighted by molar-refractivity contribution is 6.04. The number of nitrogens with zero attached hydrogens (tertiary/aromatic N) is 3. The Balaban J connectivity index is 1.37. The van der Waals surface area contributed by atoms with Crippen LogP contribution in [0.5, 0.6) is 5.75 Å². The van der Waals surface area contributed by atoms with Gasteiger partial charge in [0.15, 0.2) is 5.82 Å². The van der Waals surface area contributed by atoms with Crippen molar-refractivity contribution in [1.82, 2.24) is 10.2 Å². The molecule has 1 aliphatic heterocycles. The minimum Gasteiger partial charge on any atom is -0.491 e. The van der Waals surface area contributed by atoms with Crippen molar-refractivity contribution >= 4 is 17.4 Å². The number of ether oxygens (including phenoxy) is 1. The summed E-state index contributed by atoms with van der Waals surface area (Å²) in [5, 5.41) is 11.8. The van der Waals surface area contributed by atoms with Crippen LogP contribution in [0.1, 0.15) is 44.0 Å². The van der Waals surface area contributed by atoms with Crippen LogP contribution in [-0.4, -0.2) is 35.3 Å². The van der Waals surface area contributed by atoms with E-state index in [2.05, 4.69) is 27.3 Å². The second kappa shape index (κ2) is 9.81. The van der Waals surface area contributed by atoms with Gasteiger partial charge in [0.1, 0.15) is 5.75 Å². The van der Waals surface area contributed by atoms with Gasteiger partial charge in [-0.15, -0.1) is 10.2 Å². The minimum absolute atomic E-state index is 0.0997. The Morgan fingerprint density at radius 1 is 0.969 bits per heavy atom. The highest BCUT2D eigenvalue weighted by atomic mass is 16.5. The number of rotatable bonds is 6. The molecule has 0 radical (unpaired) electrons. The SMILES string of the molecule is CC1CCN(c2ccc(-c3ccc(NC(=O)c4ccc(OC(C)C)cc4)cc3)nn2)CC1. The van der Waals surface area contributed by atoms with Crippen molar-refractivity contribution in [3.8, 4) is 17.0 Å². The third-order valence-corrected chi connectivity index (χ3v) is 5.68. The van der Waals surface area contributed by atoms with Gasteiger partial charge in [-0.1, -0.05) is 19.1 Å². The first-order valence-corrected chi connectivity index (χ1v) is 11.2. The van der Waals surface area contributed by atoms with Crippen molar-refractivity contribution in [2.24, 2.45) is 5.92 Å². The Kier molecular flexibility index (Phi) is 6.69. The lowest BCUT2D eigenvalue weighted by atomic mass is 9.99. The third kappa shape index (κ3) is 5.44. The second-order valence-corrected chi connectivity index (χ2v) is 8.67. The number of nitrogens with one attached hydrogen (secondary N) is 1. The van der Waals surface area contributed by atoms with Crippen molar-refractivity contribution in [3.63, 3.8) is 0 Å². The van der Waals surface area contributed by atoms with Gasteiger partial charge in [0, 0.05) is 29.9 Å². The quantitative estimate of drug-likeness (QED) is 0.566. The molecule has 1 aliphatic rings. The van der Waals surface area contributed by atoms with Crippen LogP contribution in [0.4, 0.5) is 11.5 Å². The van der Waals surface area contributed by atoms with Crippen molar-refractivity contribution in [2.75, 3.05) is 23.3 Å². The molecule has 1 amide bonds. The predicted octanol–water partition coefficient (Wildman–Crippen LogP) is 5.42. The topological polar surface area (TPSA) is 67.4 Å². The summed E-state index contributed by atoms with van der Waals surface area (Å²) in [7, 11) is 0. The molecule has 0 unspecified atom stereocenters. The number of carbonyl (C=O) groups excluding carboxylic acids is 1. The summed E-state index contributed by atoms with van der Waals surface area (Å²) in [5.74, 6) is 2.32. The van der Waals surface area contributed by atoms with E-state index in [0.717, 1.165) is 47.5 Å². The van der Waals surface area contributed by atoms with E-state index >= 15 is 0 Å². The zero-order valence-electron chi connectivity index (χ0n) is 18.9. The molecule has 0 saturated carbocycles. The molecule has 1 N–H and O–H groups in total. The fourth-order valence-electron chi connectivity index (χ4n) is 3.77. The molecule has 166 valence electrons. The van der Waals surface area contributed by atoms with Crippen LogP contribution in [0.3, 0.4) is 0 Å². The van der Waals surface area contributed by atoms with Crippen LogP contribution < -0.4 is 15.0 Å². The molecule has 3 aromatic rings. The van der Waals surface area contributed by atoms with Gasteiger partial charge >= 0.3 is 0 Å². The predicted molar refractivity (Wildman–Crippen MR) is 128 cm³/mol. The van der Waals surface area contributed by atoms with Gasteiger partial charge < -0.3 is 15.0 Å². The molecular weight excluding hydrogens is 400 g/mol. The maximum Gasteiger partial charge on any atom is 0.255 e. The molecule has 0 spiro atoms. The largest absolute Gasteiger partial charge is 0.491 e. The standard InChI is InChI=1S/C26H30N4O2/c1-18(2)32-23-10-6-21(7-11-23)26(31)27-22-8-4-20(5-9-22)24-12-13-25(29-28-24)30-16-14-19(3)15-17-30/h4-13,18-19H,14-17H2,1-3H3,(H,27,31). The highest BCUT2D eigenvalue weighted by Gasteiger charge is 2.17. The number of aromatic nitrogens is 2. The van der Waals surface area contributed by atoms with Crippen LogP contribution in [0.2, 0.25) is 0 Å². The maximum absolute atomic E-state index is 12.5. The van der Waals surface area contributed by atoms with Crippen LogP contribution in [0.15, 0.2) is 60.7 Å². The van der Waals surface area contributed by atoms with E-state index < -0.39 is 0 Å². The number of piperidine rings is 1. The summed E-state index contributed by atoms with van der Waals surface area (Å²) in [6.45, 7) is 8.32. The molecule has 2 heterocycles. The molecule has 6 nitrogen and oxygen atoms in total. The van der Waals surface area contributed by atoms with E-state index in [1.165, 1.54) is 12.8 Å². The summed E-state index contributed by atoms with van der Waals surface area (Å²) >= 11 is 0. The fraction of sp³-hybridized carbons (Fsp3) is 0.346. The lowest BCUT2D eigenvalue weighted by molar-refractivity contribution is 0.102. The van der Waals surface area contributed by atoms with Crippen molar-refractivity contribution in [2.45, 2.75) is 39.7 Å². The molecule has 1 fully saturated rings. The summed E-state index contributed by atoms with van der Waals surface area (Å²) in [6.07, 6.45) is 2.50. The fourth-order valence-corrected chi connectivity index (χ4v) is 3.77. The maximum atomic E-state index is 12.5. The zero-order valence-corrected chi connectivity index (χ0v) is 18.9. The second-order valence-electron chi connectivity index (χ2n) is 8.67. The van der Waals surface area contributed by atoms with Crippen molar-refractivity contribution < 1.29 is 9.53 Å². The number of amides is 1. The Morgan fingerprint density at radius 3 is 2.25 bits per heavy atom. The lowest BCUT2D eigenvalue weighted by Gasteiger charge is -2.30. The first-order chi connectivity index (χ1) is 15.5.